The molecule has 0 radical (unpaired) electrons. The first-order valence-corrected chi connectivity index (χ1v) is 9.16. The molecule has 8 nitrogen and oxygen atoms in total. The maximum atomic E-state index is 12.3. The number of hydrogen-bond donors (Lipinski definition) is 1. The molecule has 2 rings (SSSR count). The van der Waals surface area contributed by atoms with Crippen LogP contribution in [-0.2, 0) is 14.3 Å². The predicted molar refractivity (Wildman–Crippen MR) is 94.5 cm³/mol. The zero-order valence-corrected chi connectivity index (χ0v) is 15.8. The van der Waals surface area contributed by atoms with Gasteiger partial charge in [-0.25, -0.2) is 4.79 Å². The van der Waals surface area contributed by atoms with Crippen molar-refractivity contribution < 1.29 is 19.1 Å². The molecule has 0 atom stereocenters. The molecule has 0 aromatic carbocycles. The van der Waals surface area contributed by atoms with Gasteiger partial charge in [-0.2, -0.15) is 0 Å². The highest BCUT2D eigenvalue weighted by molar-refractivity contribution is 5.78. The van der Waals surface area contributed by atoms with Crippen molar-refractivity contribution in [2.45, 2.75) is 26.3 Å². The van der Waals surface area contributed by atoms with Crippen molar-refractivity contribution >= 4 is 12.0 Å². The van der Waals surface area contributed by atoms with E-state index in [9.17, 15) is 9.59 Å². The maximum Gasteiger partial charge on any atom is 0.409 e. The van der Waals surface area contributed by atoms with Crippen molar-refractivity contribution in [3.63, 3.8) is 0 Å². The standard InChI is InChI=1S/C17H32N4O4/c1-4-25-16(23)20-7-5-19(6-8-20)13-15(22)18-14-17(2,3)21-9-11-24-12-10-21/h4-14H2,1-3H3,(H,18,22). The van der Waals surface area contributed by atoms with E-state index < -0.39 is 0 Å². The van der Waals surface area contributed by atoms with Crippen LogP contribution in [0.3, 0.4) is 0 Å². The van der Waals surface area contributed by atoms with Crippen molar-refractivity contribution in [1.82, 2.24) is 20.0 Å². The molecule has 0 saturated carbocycles. The molecule has 2 amide bonds. The summed E-state index contributed by atoms with van der Waals surface area (Å²) in [5.74, 6) is 0.0333. The Hall–Kier alpha value is -1.38. The molecule has 0 aromatic rings. The third-order valence-electron chi connectivity index (χ3n) is 4.85. The second-order valence-electron chi connectivity index (χ2n) is 7.15. The van der Waals surface area contributed by atoms with E-state index in [2.05, 4.69) is 29.0 Å². The van der Waals surface area contributed by atoms with E-state index in [0.29, 0.717) is 45.9 Å². The molecular weight excluding hydrogens is 324 g/mol. The van der Waals surface area contributed by atoms with E-state index in [1.54, 1.807) is 11.8 Å². The SMILES string of the molecule is CCOC(=O)N1CCN(CC(=O)NCC(C)(C)N2CCOCC2)CC1. The first kappa shape index (κ1) is 19.9. The predicted octanol–water partition coefficient (Wildman–Crippen LogP) is -0.0125. The highest BCUT2D eigenvalue weighted by atomic mass is 16.6. The van der Waals surface area contributed by atoms with Crippen molar-refractivity contribution in [2.75, 3.05) is 72.2 Å². The third-order valence-corrected chi connectivity index (χ3v) is 4.85. The highest BCUT2D eigenvalue weighted by Gasteiger charge is 2.29. The average Bonchev–Trinajstić information content (AvgIpc) is 2.62. The van der Waals surface area contributed by atoms with Gasteiger partial charge in [-0.1, -0.05) is 0 Å². The number of morpholine rings is 1. The lowest BCUT2D eigenvalue weighted by molar-refractivity contribution is -0.123. The Balaban J connectivity index is 1.68. The topological polar surface area (TPSA) is 74.4 Å². The monoisotopic (exact) mass is 356 g/mol. The number of nitrogens with zero attached hydrogens (tertiary/aromatic N) is 3. The van der Waals surface area contributed by atoms with Crippen LogP contribution < -0.4 is 5.32 Å². The van der Waals surface area contributed by atoms with Crippen LogP contribution >= 0.6 is 0 Å². The fourth-order valence-electron chi connectivity index (χ4n) is 3.16. The largest absolute Gasteiger partial charge is 0.450 e. The van der Waals surface area contributed by atoms with E-state index in [-0.39, 0.29) is 17.5 Å². The first-order chi connectivity index (χ1) is 11.9. The number of carbonyl (C=O) groups is 2. The van der Waals surface area contributed by atoms with Gasteiger partial charge >= 0.3 is 6.09 Å². The van der Waals surface area contributed by atoms with Gasteiger partial charge in [0, 0.05) is 51.4 Å². The molecule has 8 heteroatoms. The van der Waals surface area contributed by atoms with Crippen molar-refractivity contribution in [3.05, 3.63) is 0 Å². The molecule has 2 heterocycles. The van der Waals surface area contributed by atoms with Crippen molar-refractivity contribution in [1.29, 1.82) is 0 Å². The Morgan fingerprint density at radius 1 is 1.08 bits per heavy atom. The molecule has 1 N–H and O–H groups in total. The smallest absolute Gasteiger partial charge is 0.409 e. The van der Waals surface area contributed by atoms with Gasteiger partial charge < -0.3 is 19.7 Å². The van der Waals surface area contributed by atoms with Crippen molar-refractivity contribution in [2.24, 2.45) is 0 Å². The number of ether oxygens (including phenoxy) is 2. The van der Waals surface area contributed by atoms with Crippen LogP contribution in [0.4, 0.5) is 4.79 Å². The van der Waals surface area contributed by atoms with E-state index in [1.165, 1.54) is 0 Å². The summed E-state index contributed by atoms with van der Waals surface area (Å²) in [4.78, 5) is 30.1. The summed E-state index contributed by atoms with van der Waals surface area (Å²) in [5, 5.41) is 3.05. The number of nitrogens with one attached hydrogen (secondary N) is 1. The Labute approximate surface area is 150 Å². The Morgan fingerprint density at radius 2 is 1.72 bits per heavy atom. The van der Waals surface area contributed by atoms with Gasteiger partial charge in [-0.05, 0) is 20.8 Å². The lowest BCUT2D eigenvalue weighted by Gasteiger charge is -2.41. The van der Waals surface area contributed by atoms with Crippen LogP contribution in [-0.4, -0.2) is 104 Å². The summed E-state index contributed by atoms with van der Waals surface area (Å²) in [6.07, 6.45) is -0.265. The van der Waals surface area contributed by atoms with Crippen LogP contribution in [0.1, 0.15) is 20.8 Å². The molecule has 0 aromatic heterocycles. The summed E-state index contributed by atoms with van der Waals surface area (Å²) in [6, 6.07) is 0. The number of amides is 2. The molecule has 0 spiro atoms. The van der Waals surface area contributed by atoms with Crippen LogP contribution in [0.25, 0.3) is 0 Å². The first-order valence-electron chi connectivity index (χ1n) is 9.16. The highest BCUT2D eigenvalue weighted by Crippen LogP contribution is 2.15. The van der Waals surface area contributed by atoms with Gasteiger partial charge in [0.1, 0.15) is 0 Å². The fraction of sp³-hybridized carbons (Fsp3) is 0.882. The molecule has 2 aliphatic heterocycles. The molecule has 0 unspecified atom stereocenters. The van der Waals surface area contributed by atoms with E-state index in [4.69, 9.17) is 9.47 Å². The van der Waals surface area contributed by atoms with E-state index in [0.717, 1.165) is 26.3 Å². The summed E-state index contributed by atoms with van der Waals surface area (Å²) in [7, 11) is 0. The lowest BCUT2D eigenvalue weighted by atomic mass is 10.0. The minimum Gasteiger partial charge on any atom is -0.450 e. The molecule has 2 fully saturated rings. The van der Waals surface area contributed by atoms with Gasteiger partial charge in [-0.15, -0.1) is 0 Å². The number of carbonyl (C=O) groups excluding carboxylic acids is 2. The molecule has 25 heavy (non-hydrogen) atoms. The number of rotatable bonds is 6. The second-order valence-corrected chi connectivity index (χ2v) is 7.15. The number of piperazine rings is 1. The van der Waals surface area contributed by atoms with Crippen LogP contribution in [0.15, 0.2) is 0 Å². The molecule has 0 bridgehead atoms. The minimum absolute atomic E-state index is 0.0333. The zero-order valence-electron chi connectivity index (χ0n) is 15.8. The molecule has 0 aliphatic carbocycles. The maximum absolute atomic E-state index is 12.3. The van der Waals surface area contributed by atoms with Gasteiger partial charge in [0.25, 0.3) is 0 Å². The molecule has 144 valence electrons. The van der Waals surface area contributed by atoms with E-state index in [1.807, 2.05) is 0 Å². The average molecular weight is 356 g/mol. The van der Waals surface area contributed by atoms with Gasteiger partial charge in [0.2, 0.25) is 5.91 Å². The normalized spacial score (nSPS) is 20.4. The number of hydrogen-bond acceptors (Lipinski definition) is 6. The summed E-state index contributed by atoms with van der Waals surface area (Å²) in [6.45, 7) is 13.4. The second kappa shape index (κ2) is 9.35. The lowest BCUT2D eigenvalue weighted by Crippen LogP contribution is -2.56. The zero-order chi connectivity index (χ0) is 18.3. The van der Waals surface area contributed by atoms with E-state index >= 15 is 0 Å². The Morgan fingerprint density at radius 3 is 2.32 bits per heavy atom. The van der Waals surface area contributed by atoms with Gasteiger partial charge in [0.05, 0.1) is 26.4 Å². The quantitative estimate of drug-likeness (QED) is 0.721. The van der Waals surface area contributed by atoms with Gasteiger partial charge in [-0.3, -0.25) is 14.6 Å². The molecule has 2 saturated heterocycles. The van der Waals surface area contributed by atoms with Crippen LogP contribution in [0.5, 0.6) is 0 Å². The van der Waals surface area contributed by atoms with Crippen molar-refractivity contribution in [3.8, 4) is 0 Å². The summed E-state index contributed by atoms with van der Waals surface area (Å²) < 4.78 is 10.4. The molecule has 2 aliphatic rings. The fourth-order valence-corrected chi connectivity index (χ4v) is 3.16. The van der Waals surface area contributed by atoms with Crippen LogP contribution in [0, 0.1) is 0 Å². The van der Waals surface area contributed by atoms with Gasteiger partial charge in [0.15, 0.2) is 0 Å². The summed E-state index contributed by atoms with van der Waals surface area (Å²) >= 11 is 0. The molecular formula is C17H32N4O4. The summed E-state index contributed by atoms with van der Waals surface area (Å²) in [5.41, 5.74) is -0.0813. The van der Waals surface area contributed by atoms with Crippen LogP contribution in [0.2, 0.25) is 0 Å². The Bertz CT molecular complexity index is 444. The Kier molecular flexibility index (Phi) is 7.46. The third kappa shape index (κ3) is 6.13. The minimum atomic E-state index is -0.265.